The van der Waals surface area contributed by atoms with Crippen LogP contribution < -0.4 is 5.32 Å². The molecule has 1 N–H and O–H groups in total. The Morgan fingerprint density at radius 1 is 1.39 bits per heavy atom. The van der Waals surface area contributed by atoms with E-state index in [4.69, 9.17) is 0 Å². The van der Waals surface area contributed by atoms with Crippen molar-refractivity contribution in [2.45, 2.75) is 38.3 Å². The zero-order valence-corrected chi connectivity index (χ0v) is 11.3. The maximum Gasteiger partial charge on any atom is 0.0521 e. The molecule has 0 radical (unpaired) electrons. The van der Waals surface area contributed by atoms with E-state index in [9.17, 15) is 0 Å². The van der Waals surface area contributed by atoms with E-state index in [0.717, 1.165) is 12.5 Å². The first kappa shape index (κ1) is 12.2. The number of nitrogens with one attached hydrogen (secondary N) is 1. The molecule has 2 fully saturated rings. The molecule has 18 heavy (non-hydrogen) atoms. The lowest BCUT2D eigenvalue weighted by atomic mass is 10.2. The third-order valence-corrected chi connectivity index (χ3v) is 4.16. The average Bonchev–Trinajstić information content (AvgIpc) is 2.84. The summed E-state index contributed by atoms with van der Waals surface area (Å²) in [5, 5.41) is 7.88. The van der Waals surface area contributed by atoms with Gasteiger partial charge in [0.05, 0.1) is 5.69 Å². The maximum atomic E-state index is 4.27. The minimum Gasteiger partial charge on any atom is -0.313 e. The summed E-state index contributed by atoms with van der Waals surface area (Å²) in [5.74, 6) is 0.958. The summed E-state index contributed by atoms with van der Waals surface area (Å²) in [6.45, 7) is 4.71. The number of hydrogen-bond donors (Lipinski definition) is 1. The summed E-state index contributed by atoms with van der Waals surface area (Å²) >= 11 is 0. The number of rotatable bonds is 6. The van der Waals surface area contributed by atoms with Crippen molar-refractivity contribution in [3.63, 3.8) is 0 Å². The molecular formula is C14H24N4. The van der Waals surface area contributed by atoms with Gasteiger partial charge in [-0.25, -0.2) is 0 Å². The van der Waals surface area contributed by atoms with E-state index in [1.54, 1.807) is 0 Å². The molecule has 2 heterocycles. The van der Waals surface area contributed by atoms with Gasteiger partial charge in [0.1, 0.15) is 0 Å². The Balaban J connectivity index is 1.59. The smallest absolute Gasteiger partial charge is 0.0521 e. The summed E-state index contributed by atoms with van der Waals surface area (Å²) in [6, 6.07) is 2.85. The van der Waals surface area contributed by atoms with Crippen molar-refractivity contribution in [2.24, 2.45) is 13.0 Å². The van der Waals surface area contributed by atoms with E-state index in [1.807, 2.05) is 17.9 Å². The number of aromatic nitrogens is 2. The summed E-state index contributed by atoms with van der Waals surface area (Å²) in [4.78, 5) is 2.62. The fraction of sp³-hybridized carbons (Fsp3) is 0.786. The van der Waals surface area contributed by atoms with E-state index < -0.39 is 0 Å². The van der Waals surface area contributed by atoms with Gasteiger partial charge in [-0.05, 0) is 44.2 Å². The lowest BCUT2D eigenvalue weighted by Gasteiger charge is -2.25. The van der Waals surface area contributed by atoms with Gasteiger partial charge in [0.25, 0.3) is 0 Å². The van der Waals surface area contributed by atoms with Crippen molar-refractivity contribution in [1.29, 1.82) is 0 Å². The van der Waals surface area contributed by atoms with Crippen LogP contribution in [-0.2, 0) is 13.6 Å². The minimum absolute atomic E-state index is 0.706. The molecule has 1 atom stereocenters. The second kappa shape index (κ2) is 5.41. The van der Waals surface area contributed by atoms with Crippen molar-refractivity contribution in [1.82, 2.24) is 20.0 Å². The van der Waals surface area contributed by atoms with Crippen LogP contribution in [0.2, 0.25) is 0 Å². The molecule has 0 spiro atoms. The molecule has 2 aliphatic rings. The quantitative estimate of drug-likeness (QED) is 0.826. The lowest BCUT2D eigenvalue weighted by Crippen LogP contribution is -2.38. The van der Waals surface area contributed by atoms with Crippen molar-refractivity contribution in [3.8, 4) is 0 Å². The number of nitrogens with zero attached hydrogens (tertiary/aromatic N) is 3. The highest BCUT2D eigenvalue weighted by Crippen LogP contribution is 2.30. The third-order valence-electron chi connectivity index (χ3n) is 4.16. The van der Waals surface area contributed by atoms with Crippen LogP contribution in [-0.4, -0.2) is 40.4 Å². The van der Waals surface area contributed by atoms with Gasteiger partial charge in [-0.2, -0.15) is 5.10 Å². The van der Waals surface area contributed by atoms with Crippen LogP contribution in [0.15, 0.2) is 12.3 Å². The molecule has 1 aromatic rings. The fourth-order valence-electron chi connectivity index (χ4n) is 2.88. The fourth-order valence-corrected chi connectivity index (χ4v) is 2.88. The molecule has 100 valence electrons. The summed E-state index contributed by atoms with van der Waals surface area (Å²) in [5.41, 5.74) is 1.33. The standard InChI is InChI=1S/C14H24N4/c1-17-14(6-8-16-17)11-18(9-12-4-5-12)10-13-3-2-7-15-13/h6,8,12-13,15H,2-5,7,9-11H2,1H3. The largest absolute Gasteiger partial charge is 0.313 e. The van der Waals surface area contributed by atoms with Crippen molar-refractivity contribution in [2.75, 3.05) is 19.6 Å². The highest BCUT2D eigenvalue weighted by molar-refractivity contribution is 5.00. The van der Waals surface area contributed by atoms with Gasteiger partial charge in [-0.3, -0.25) is 9.58 Å². The first-order chi connectivity index (χ1) is 8.81. The molecule has 4 heteroatoms. The Hall–Kier alpha value is -0.870. The Morgan fingerprint density at radius 2 is 2.28 bits per heavy atom. The molecule has 1 saturated carbocycles. The summed E-state index contributed by atoms with van der Waals surface area (Å²) in [7, 11) is 2.04. The molecule has 0 aromatic carbocycles. The van der Waals surface area contributed by atoms with Gasteiger partial charge in [0, 0.05) is 38.9 Å². The first-order valence-electron chi connectivity index (χ1n) is 7.24. The summed E-state index contributed by atoms with van der Waals surface area (Å²) < 4.78 is 2.00. The van der Waals surface area contributed by atoms with Gasteiger partial charge in [0.15, 0.2) is 0 Å². The molecule has 3 rings (SSSR count). The zero-order valence-electron chi connectivity index (χ0n) is 11.3. The highest BCUT2D eigenvalue weighted by atomic mass is 15.3. The zero-order chi connectivity index (χ0) is 12.4. The molecule has 1 aliphatic carbocycles. The Kier molecular flexibility index (Phi) is 3.66. The van der Waals surface area contributed by atoms with Gasteiger partial charge in [0.2, 0.25) is 0 Å². The number of hydrogen-bond acceptors (Lipinski definition) is 3. The highest BCUT2D eigenvalue weighted by Gasteiger charge is 2.26. The van der Waals surface area contributed by atoms with Crippen LogP contribution in [0.25, 0.3) is 0 Å². The van der Waals surface area contributed by atoms with Crippen LogP contribution in [0.4, 0.5) is 0 Å². The topological polar surface area (TPSA) is 33.1 Å². The van der Waals surface area contributed by atoms with Gasteiger partial charge < -0.3 is 5.32 Å². The second-order valence-corrected chi connectivity index (χ2v) is 5.88. The molecule has 1 aliphatic heterocycles. The van der Waals surface area contributed by atoms with E-state index >= 15 is 0 Å². The molecule has 0 bridgehead atoms. The summed E-state index contributed by atoms with van der Waals surface area (Å²) in [6.07, 6.45) is 7.44. The van der Waals surface area contributed by atoms with Crippen LogP contribution in [0.5, 0.6) is 0 Å². The van der Waals surface area contributed by atoms with Crippen LogP contribution in [0, 0.1) is 5.92 Å². The first-order valence-corrected chi connectivity index (χ1v) is 7.24. The van der Waals surface area contributed by atoms with Crippen LogP contribution >= 0.6 is 0 Å². The van der Waals surface area contributed by atoms with E-state index in [-0.39, 0.29) is 0 Å². The SMILES string of the molecule is Cn1nccc1CN(CC1CC1)CC1CCCN1. The predicted molar refractivity (Wildman–Crippen MR) is 72.2 cm³/mol. The van der Waals surface area contributed by atoms with Gasteiger partial charge in [-0.15, -0.1) is 0 Å². The van der Waals surface area contributed by atoms with Gasteiger partial charge >= 0.3 is 0 Å². The Bertz CT molecular complexity index is 377. The molecule has 1 unspecified atom stereocenters. The molecule has 0 amide bonds. The van der Waals surface area contributed by atoms with E-state index in [0.29, 0.717) is 6.04 Å². The van der Waals surface area contributed by atoms with Crippen molar-refractivity contribution in [3.05, 3.63) is 18.0 Å². The molecule has 4 nitrogen and oxygen atoms in total. The van der Waals surface area contributed by atoms with Gasteiger partial charge in [-0.1, -0.05) is 0 Å². The second-order valence-electron chi connectivity index (χ2n) is 5.88. The van der Waals surface area contributed by atoms with Crippen molar-refractivity contribution < 1.29 is 0 Å². The van der Waals surface area contributed by atoms with Crippen molar-refractivity contribution >= 4 is 0 Å². The Morgan fingerprint density at radius 3 is 2.89 bits per heavy atom. The van der Waals surface area contributed by atoms with E-state index in [1.165, 1.54) is 51.0 Å². The number of aryl methyl sites for hydroxylation is 1. The lowest BCUT2D eigenvalue weighted by molar-refractivity contribution is 0.226. The van der Waals surface area contributed by atoms with E-state index in [2.05, 4.69) is 21.4 Å². The third kappa shape index (κ3) is 3.12. The maximum absolute atomic E-state index is 4.27. The molecular weight excluding hydrogens is 224 g/mol. The predicted octanol–water partition coefficient (Wildman–Crippen LogP) is 1.38. The Labute approximate surface area is 109 Å². The van der Waals surface area contributed by atoms with Crippen LogP contribution in [0.1, 0.15) is 31.4 Å². The molecule has 1 aromatic heterocycles. The normalized spacial score (nSPS) is 24.0. The molecule has 1 saturated heterocycles. The minimum atomic E-state index is 0.706. The monoisotopic (exact) mass is 248 g/mol. The van der Waals surface area contributed by atoms with Crippen LogP contribution in [0.3, 0.4) is 0 Å². The average molecular weight is 248 g/mol.